The predicted octanol–water partition coefficient (Wildman–Crippen LogP) is 3.67. The first-order chi connectivity index (χ1) is 9.81. The monoisotopic (exact) mass is 278 g/mol. The molecule has 0 radical (unpaired) electrons. The molecular formula is C18H34N2. The second-order valence-corrected chi connectivity index (χ2v) is 7.82. The Morgan fingerprint density at radius 2 is 1.80 bits per heavy atom. The second kappa shape index (κ2) is 7.26. The van der Waals surface area contributed by atoms with Crippen molar-refractivity contribution >= 4 is 0 Å². The molecule has 0 bridgehead atoms. The molecule has 2 heteroatoms. The smallest absolute Gasteiger partial charge is 0.0107 e. The highest BCUT2D eigenvalue weighted by Gasteiger charge is 2.30. The van der Waals surface area contributed by atoms with Crippen molar-refractivity contribution in [2.24, 2.45) is 17.8 Å². The van der Waals surface area contributed by atoms with Crippen LogP contribution in [0.4, 0.5) is 0 Å². The molecule has 4 atom stereocenters. The number of nitrogens with zero attached hydrogens (tertiary/aromatic N) is 1. The summed E-state index contributed by atoms with van der Waals surface area (Å²) in [4.78, 5) is 2.74. The van der Waals surface area contributed by atoms with E-state index in [9.17, 15) is 0 Å². The largest absolute Gasteiger partial charge is 0.313 e. The molecule has 116 valence electrons. The number of likely N-dealkylation sites (tertiary alicyclic amines) is 1. The molecule has 1 aliphatic heterocycles. The van der Waals surface area contributed by atoms with Crippen LogP contribution in [0.25, 0.3) is 0 Å². The molecule has 20 heavy (non-hydrogen) atoms. The molecule has 2 saturated carbocycles. The summed E-state index contributed by atoms with van der Waals surface area (Å²) in [6.45, 7) is 7.68. The van der Waals surface area contributed by atoms with Crippen molar-refractivity contribution in [1.82, 2.24) is 10.2 Å². The van der Waals surface area contributed by atoms with Crippen LogP contribution in [0.2, 0.25) is 0 Å². The molecule has 0 aromatic heterocycles. The lowest BCUT2D eigenvalue weighted by atomic mass is 9.75. The first-order valence-corrected chi connectivity index (χ1v) is 9.27. The molecule has 0 amide bonds. The van der Waals surface area contributed by atoms with Gasteiger partial charge in [0.1, 0.15) is 0 Å². The van der Waals surface area contributed by atoms with Crippen LogP contribution in [0, 0.1) is 17.8 Å². The molecule has 0 aromatic rings. The van der Waals surface area contributed by atoms with Crippen molar-refractivity contribution in [2.45, 2.75) is 70.8 Å². The van der Waals surface area contributed by atoms with E-state index in [-0.39, 0.29) is 0 Å². The first-order valence-electron chi connectivity index (χ1n) is 9.27. The van der Waals surface area contributed by atoms with Crippen molar-refractivity contribution in [3.8, 4) is 0 Å². The average molecular weight is 278 g/mol. The molecule has 3 aliphatic rings. The van der Waals surface area contributed by atoms with Crippen LogP contribution in [0.15, 0.2) is 0 Å². The Labute approximate surface area is 125 Å². The molecule has 4 unspecified atom stereocenters. The number of rotatable bonds is 4. The topological polar surface area (TPSA) is 15.3 Å². The summed E-state index contributed by atoms with van der Waals surface area (Å²) < 4.78 is 0. The van der Waals surface area contributed by atoms with E-state index in [2.05, 4.69) is 17.1 Å². The zero-order chi connectivity index (χ0) is 13.8. The highest BCUT2D eigenvalue weighted by molar-refractivity contribution is 4.84. The molecule has 0 aromatic carbocycles. The summed E-state index contributed by atoms with van der Waals surface area (Å²) in [7, 11) is 0. The van der Waals surface area contributed by atoms with Gasteiger partial charge >= 0.3 is 0 Å². The van der Waals surface area contributed by atoms with Crippen molar-refractivity contribution < 1.29 is 0 Å². The quantitative estimate of drug-likeness (QED) is 0.844. The Morgan fingerprint density at radius 1 is 0.950 bits per heavy atom. The van der Waals surface area contributed by atoms with Gasteiger partial charge in [0, 0.05) is 25.7 Å². The Morgan fingerprint density at radius 3 is 2.65 bits per heavy atom. The van der Waals surface area contributed by atoms with Gasteiger partial charge in [-0.05, 0) is 50.0 Å². The number of fused-ring (bicyclic) bond motifs is 1. The van der Waals surface area contributed by atoms with Gasteiger partial charge in [-0.2, -0.15) is 0 Å². The fraction of sp³-hybridized carbons (Fsp3) is 1.00. The molecule has 2 nitrogen and oxygen atoms in total. The summed E-state index contributed by atoms with van der Waals surface area (Å²) >= 11 is 0. The lowest BCUT2D eigenvalue weighted by Crippen LogP contribution is -2.45. The maximum absolute atomic E-state index is 3.83. The summed E-state index contributed by atoms with van der Waals surface area (Å²) in [5.41, 5.74) is 0. The van der Waals surface area contributed by atoms with Gasteiger partial charge in [0.2, 0.25) is 0 Å². The lowest BCUT2D eigenvalue weighted by molar-refractivity contribution is 0.0864. The Kier molecular flexibility index (Phi) is 5.39. The molecule has 2 aliphatic carbocycles. The zero-order valence-electron chi connectivity index (χ0n) is 13.4. The van der Waals surface area contributed by atoms with Crippen LogP contribution in [-0.2, 0) is 0 Å². The third kappa shape index (κ3) is 3.98. The fourth-order valence-corrected chi connectivity index (χ4v) is 4.93. The van der Waals surface area contributed by atoms with Crippen LogP contribution < -0.4 is 5.32 Å². The summed E-state index contributed by atoms with van der Waals surface area (Å²) in [5, 5.41) is 3.83. The van der Waals surface area contributed by atoms with Crippen LogP contribution in [0.1, 0.15) is 64.7 Å². The predicted molar refractivity (Wildman–Crippen MR) is 85.9 cm³/mol. The van der Waals surface area contributed by atoms with Gasteiger partial charge in [0.05, 0.1) is 0 Å². The van der Waals surface area contributed by atoms with Crippen LogP contribution in [0.5, 0.6) is 0 Å². The van der Waals surface area contributed by atoms with Gasteiger partial charge in [-0.15, -0.1) is 0 Å². The molecule has 1 saturated heterocycles. The molecule has 0 spiro atoms. The highest BCUT2D eigenvalue weighted by Crippen LogP contribution is 2.35. The Balaban J connectivity index is 1.34. The first kappa shape index (κ1) is 14.8. The van der Waals surface area contributed by atoms with Crippen molar-refractivity contribution in [2.75, 3.05) is 26.2 Å². The molecular weight excluding hydrogens is 244 g/mol. The highest BCUT2D eigenvalue weighted by atomic mass is 15.1. The van der Waals surface area contributed by atoms with Gasteiger partial charge in [-0.1, -0.05) is 39.0 Å². The lowest BCUT2D eigenvalue weighted by Gasteiger charge is -2.41. The minimum absolute atomic E-state index is 0.811. The maximum Gasteiger partial charge on any atom is 0.0107 e. The van der Waals surface area contributed by atoms with Gasteiger partial charge < -0.3 is 10.2 Å². The number of piperidine rings is 1. The summed E-state index contributed by atoms with van der Waals surface area (Å²) in [6, 6.07) is 0.811. The summed E-state index contributed by atoms with van der Waals surface area (Å²) in [6.07, 6.45) is 13.2. The van der Waals surface area contributed by atoms with E-state index in [1.165, 1.54) is 84.0 Å². The van der Waals surface area contributed by atoms with Gasteiger partial charge in [-0.25, -0.2) is 0 Å². The van der Waals surface area contributed by atoms with E-state index < -0.39 is 0 Å². The standard InChI is InChI=1S/C18H34N2/c1-15-5-4-8-18(13-15)19-10-12-20-11-9-16-6-2-3-7-17(16)14-20/h15-19H,2-14H2,1H3. The number of nitrogens with one attached hydrogen (secondary N) is 1. The minimum atomic E-state index is 0.811. The second-order valence-electron chi connectivity index (χ2n) is 7.82. The normalized spacial score (nSPS) is 39.5. The zero-order valence-corrected chi connectivity index (χ0v) is 13.4. The van der Waals surface area contributed by atoms with Crippen molar-refractivity contribution in [3.63, 3.8) is 0 Å². The third-order valence-electron chi connectivity index (χ3n) is 6.17. The SMILES string of the molecule is CC1CCCC(NCCN2CCC3CCCCC3C2)C1. The Hall–Kier alpha value is -0.0800. The minimum Gasteiger partial charge on any atom is -0.313 e. The Bertz CT molecular complexity index is 291. The third-order valence-corrected chi connectivity index (χ3v) is 6.17. The summed E-state index contributed by atoms with van der Waals surface area (Å²) in [5.74, 6) is 3.05. The van der Waals surface area contributed by atoms with E-state index in [1.807, 2.05) is 0 Å². The van der Waals surface area contributed by atoms with Crippen LogP contribution in [0.3, 0.4) is 0 Å². The number of hydrogen-bond acceptors (Lipinski definition) is 2. The maximum atomic E-state index is 3.83. The molecule has 3 fully saturated rings. The van der Waals surface area contributed by atoms with E-state index in [1.54, 1.807) is 0 Å². The van der Waals surface area contributed by atoms with E-state index in [0.29, 0.717) is 0 Å². The van der Waals surface area contributed by atoms with Gasteiger partial charge in [0.15, 0.2) is 0 Å². The van der Waals surface area contributed by atoms with Crippen LogP contribution in [-0.4, -0.2) is 37.1 Å². The average Bonchev–Trinajstić information content (AvgIpc) is 2.47. The van der Waals surface area contributed by atoms with E-state index >= 15 is 0 Å². The van der Waals surface area contributed by atoms with Gasteiger partial charge in [0.25, 0.3) is 0 Å². The van der Waals surface area contributed by atoms with E-state index in [4.69, 9.17) is 0 Å². The molecule has 1 N–H and O–H groups in total. The van der Waals surface area contributed by atoms with Crippen molar-refractivity contribution in [1.29, 1.82) is 0 Å². The molecule has 3 rings (SSSR count). The van der Waals surface area contributed by atoms with Gasteiger partial charge in [-0.3, -0.25) is 0 Å². The van der Waals surface area contributed by atoms with Crippen LogP contribution >= 0.6 is 0 Å². The van der Waals surface area contributed by atoms with E-state index in [0.717, 1.165) is 23.8 Å². The van der Waals surface area contributed by atoms with Crippen molar-refractivity contribution in [3.05, 3.63) is 0 Å². The number of hydrogen-bond donors (Lipinski definition) is 1. The fourth-order valence-electron chi connectivity index (χ4n) is 4.93. The molecule has 1 heterocycles.